The van der Waals surface area contributed by atoms with E-state index in [1.165, 1.54) is 16.9 Å². The monoisotopic (exact) mass is 770 g/mol. The van der Waals surface area contributed by atoms with Gasteiger partial charge in [0.15, 0.2) is 0 Å². The lowest BCUT2D eigenvalue weighted by Crippen LogP contribution is -2.58. The fraction of sp³-hybridized carbons (Fsp3) is 0.722. The molecule has 0 spiro atoms. The Kier molecular flexibility index (Phi) is 22.8. The maximum atomic E-state index is 12.9. The Balaban J connectivity index is 2.43. The SMILES string of the molecule is CCOCCOCCOc1ccc(CC(C(=O)O)N2CCN(C(CCO)C(=O)[O-])CCN(C(CCO)C(=O)[O-])CCN(C(CCO)C(=O)OC)CC2)cc1. The van der Waals surface area contributed by atoms with Crippen molar-refractivity contribution in [2.45, 2.75) is 56.8 Å². The highest BCUT2D eigenvalue weighted by Crippen LogP contribution is 2.18. The number of aliphatic hydroxyl groups is 3. The summed E-state index contributed by atoms with van der Waals surface area (Å²) >= 11 is 0. The van der Waals surface area contributed by atoms with Crippen molar-refractivity contribution in [3.63, 3.8) is 0 Å². The molecule has 0 radical (unpaired) electrons. The van der Waals surface area contributed by atoms with E-state index in [1.54, 1.807) is 34.1 Å². The molecule has 1 aliphatic heterocycles. The number of methoxy groups -OCH3 is 1. The number of nitrogens with zero attached hydrogens (tertiary/aromatic N) is 4. The second kappa shape index (κ2) is 26.4. The zero-order valence-electron chi connectivity index (χ0n) is 31.4. The van der Waals surface area contributed by atoms with Crippen LogP contribution >= 0.6 is 0 Å². The molecule has 4 atom stereocenters. The molecule has 4 unspecified atom stereocenters. The number of carboxylic acid groups (broad SMARTS) is 3. The summed E-state index contributed by atoms with van der Waals surface area (Å²) in [5, 5.41) is 64.1. The Labute approximate surface area is 316 Å². The third-order valence-corrected chi connectivity index (χ3v) is 9.40. The molecule has 18 nitrogen and oxygen atoms in total. The van der Waals surface area contributed by atoms with E-state index in [9.17, 15) is 49.8 Å². The van der Waals surface area contributed by atoms with E-state index >= 15 is 0 Å². The summed E-state index contributed by atoms with van der Waals surface area (Å²) in [7, 11) is 1.21. The van der Waals surface area contributed by atoms with E-state index in [-0.39, 0.29) is 84.6 Å². The van der Waals surface area contributed by atoms with E-state index in [0.29, 0.717) is 44.3 Å². The van der Waals surface area contributed by atoms with Gasteiger partial charge in [-0.15, -0.1) is 0 Å². The lowest BCUT2D eigenvalue weighted by molar-refractivity contribution is -0.314. The molecule has 1 aromatic rings. The minimum absolute atomic E-state index is 0.00272. The fourth-order valence-electron chi connectivity index (χ4n) is 6.47. The van der Waals surface area contributed by atoms with Gasteiger partial charge in [0, 0.05) is 78.8 Å². The second-order valence-electron chi connectivity index (χ2n) is 12.7. The van der Waals surface area contributed by atoms with Gasteiger partial charge in [-0.3, -0.25) is 29.2 Å². The van der Waals surface area contributed by atoms with Crippen molar-refractivity contribution in [3.8, 4) is 5.75 Å². The van der Waals surface area contributed by atoms with E-state index in [0.717, 1.165) is 0 Å². The Hall–Kier alpha value is -3.46. The Bertz CT molecular complexity index is 1240. The molecule has 1 saturated heterocycles. The van der Waals surface area contributed by atoms with Crippen LogP contribution in [0.4, 0.5) is 0 Å². The molecule has 54 heavy (non-hydrogen) atoms. The summed E-state index contributed by atoms with van der Waals surface area (Å²) < 4.78 is 21.5. The van der Waals surface area contributed by atoms with Gasteiger partial charge >= 0.3 is 11.9 Å². The lowest BCUT2D eigenvalue weighted by atomic mass is 10.0. The highest BCUT2D eigenvalue weighted by molar-refractivity contribution is 5.76. The molecule has 4 N–H and O–H groups in total. The number of esters is 1. The predicted molar refractivity (Wildman–Crippen MR) is 189 cm³/mol. The number of aliphatic hydroxyl groups excluding tert-OH is 3. The standard InChI is InChI=1S/C36H60N4O14/c1-3-52-22-23-53-24-25-54-28-6-4-27(5-7-28)26-32(35(48)49)40-17-14-38(30(9-20-42)34(46)47)12-11-37(29(8-19-41)33(44)45)13-15-39(16-18-40)31(10-21-43)36(50)51-2/h4-7,29-32,41-43H,3,8-26H2,1-2H3,(H,44,45)(H,46,47)(H,48,49)/p-2. The Morgan fingerprint density at radius 3 is 1.46 bits per heavy atom. The van der Waals surface area contributed by atoms with Gasteiger partial charge in [-0.1, -0.05) is 12.1 Å². The van der Waals surface area contributed by atoms with Gasteiger partial charge in [0.2, 0.25) is 0 Å². The highest BCUT2D eigenvalue weighted by Gasteiger charge is 2.33. The molecule has 0 aromatic heterocycles. The van der Waals surface area contributed by atoms with Gasteiger partial charge in [-0.25, -0.2) is 0 Å². The Morgan fingerprint density at radius 2 is 1.06 bits per heavy atom. The number of benzene rings is 1. The van der Waals surface area contributed by atoms with Crippen molar-refractivity contribution in [2.75, 3.05) is 112 Å². The van der Waals surface area contributed by atoms with Crippen LogP contribution in [0.3, 0.4) is 0 Å². The maximum absolute atomic E-state index is 12.9. The first-order valence-corrected chi connectivity index (χ1v) is 18.4. The van der Waals surface area contributed by atoms with Crippen LogP contribution in [-0.4, -0.2) is 200 Å². The zero-order chi connectivity index (χ0) is 39.9. The summed E-state index contributed by atoms with van der Waals surface area (Å²) in [6, 6.07) is 2.41. The summed E-state index contributed by atoms with van der Waals surface area (Å²) in [6.45, 7) is 3.10. The van der Waals surface area contributed by atoms with Gasteiger partial charge < -0.3 is 59.2 Å². The van der Waals surface area contributed by atoms with Crippen LogP contribution in [0.25, 0.3) is 0 Å². The molecule has 0 aliphatic carbocycles. The van der Waals surface area contributed by atoms with Gasteiger partial charge in [0.25, 0.3) is 0 Å². The first-order valence-electron chi connectivity index (χ1n) is 18.4. The molecule has 1 aromatic carbocycles. The normalized spacial score (nSPS) is 18.1. The summed E-state index contributed by atoms with van der Waals surface area (Å²) in [6.07, 6.45) is -0.305. The maximum Gasteiger partial charge on any atom is 0.323 e. The molecular formula is C36H58N4O14-2. The van der Waals surface area contributed by atoms with Crippen molar-refractivity contribution in [1.82, 2.24) is 19.6 Å². The van der Waals surface area contributed by atoms with Crippen LogP contribution in [0.2, 0.25) is 0 Å². The number of carboxylic acids is 3. The number of hydrogen-bond donors (Lipinski definition) is 4. The van der Waals surface area contributed by atoms with Crippen LogP contribution in [0, 0.1) is 0 Å². The van der Waals surface area contributed by atoms with E-state index in [1.807, 2.05) is 6.92 Å². The van der Waals surface area contributed by atoms with Crippen molar-refractivity contribution >= 4 is 23.9 Å². The van der Waals surface area contributed by atoms with E-state index in [4.69, 9.17) is 18.9 Å². The smallest absolute Gasteiger partial charge is 0.323 e. The number of aliphatic carboxylic acids is 3. The van der Waals surface area contributed by atoms with Crippen molar-refractivity contribution < 1.29 is 68.8 Å². The topological polar surface area (TPSA) is 245 Å². The van der Waals surface area contributed by atoms with Crippen LogP contribution in [0.1, 0.15) is 31.7 Å². The fourth-order valence-corrected chi connectivity index (χ4v) is 6.47. The second-order valence-corrected chi connectivity index (χ2v) is 12.7. The molecule has 1 heterocycles. The zero-order valence-corrected chi connectivity index (χ0v) is 31.4. The molecule has 0 saturated carbocycles. The molecule has 0 amide bonds. The molecule has 0 bridgehead atoms. The quantitative estimate of drug-likeness (QED) is 0.0583. The van der Waals surface area contributed by atoms with Crippen molar-refractivity contribution in [1.29, 1.82) is 0 Å². The van der Waals surface area contributed by atoms with Crippen LogP contribution in [0.15, 0.2) is 24.3 Å². The molecule has 1 fully saturated rings. The van der Waals surface area contributed by atoms with E-state index in [2.05, 4.69) is 0 Å². The van der Waals surface area contributed by atoms with Crippen LogP contribution < -0.4 is 14.9 Å². The number of hydrogen-bond acceptors (Lipinski definition) is 17. The average Bonchev–Trinajstić information content (AvgIpc) is 3.14. The van der Waals surface area contributed by atoms with Crippen molar-refractivity contribution in [3.05, 3.63) is 29.8 Å². The summed E-state index contributed by atoms with van der Waals surface area (Å²) in [5.41, 5.74) is 0.691. The summed E-state index contributed by atoms with van der Waals surface area (Å²) in [4.78, 5) is 56.7. The molecular weight excluding hydrogens is 712 g/mol. The third-order valence-electron chi connectivity index (χ3n) is 9.40. The first kappa shape index (κ1) is 46.7. The predicted octanol–water partition coefficient (Wildman–Crippen LogP) is -3.74. The van der Waals surface area contributed by atoms with Crippen LogP contribution in [-0.2, 0) is 39.8 Å². The van der Waals surface area contributed by atoms with Gasteiger partial charge in [-0.2, -0.15) is 0 Å². The number of rotatable bonds is 24. The van der Waals surface area contributed by atoms with Gasteiger partial charge in [0.05, 0.1) is 51.0 Å². The van der Waals surface area contributed by atoms with Crippen molar-refractivity contribution in [2.24, 2.45) is 0 Å². The Morgan fingerprint density at radius 1 is 0.648 bits per heavy atom. The summed E-state index contributed by atoms with van der Waals surface area (Å²) in [5.74, 6) is -4.10. The molecule has 308 valence electrons. The molecule has 1 aliphatic rings. The van der Waals surface area contributed by atoms with E-state index < -0.39 is 61.3 Å². The largest absolute Gasteiger partial charge is 0.548 e. The minimum Gasteiger partial charge on any atom is -0.548 e. The average molecular weight is 771 g/mol. The number of carbonyl (C=O) groups is 4. The van der Waals surface area contributed by atoms with Crippen LogP contribution in [0.5, 0.6) is 5.75 Å². The number of ether oxygens (including phenoxy) is 4. The molecule has 18 heteroatoms. The van der Waals surface area contributed by atoms with Gasteiger partial charge in [0.1, 0.15) is 24.4 Å². The number of carbonyl (C=O) groups excluding carboxylic acids is 3. The van der Waals surface area contributed by atoms with Gasteiger partial charge in [-0.05, 0) is 50.3 Å². The first-order chi connectivity index (χ1) is 26.0. The minimum atomic E-state index is -1.45. The highest BCUT2D eigenvalue weighted by atomic mass is 16.5. The third kappa shape index (κ3) is 16.1. The lowest BCUT2D eigenvalue weighted by Gasteiger charge is -2.41. The molecule has 2 rings (SSSR count).